The van der Waals surface area contributed by atoms with Gasteiger partial charge in [-0.15, -0.1) is 0 Å². The molecule has 9 nitrogen and oxygen atoms in total. The zero-order valence-electron chi connectivity index (χ0n) is 18.4. The van der Waals surface area contributed by atoms with E-state index in [2.05, 4.69) is 15.4 Å². The molecule has 0 aliphatic heterocycles. The van der Waals surface area contributed by atoms with Gasteiger partial charge in [0.05, 0.1) is 11.4 Å². The molecule has 0 spiro atoms. The monoisotopic (exact) mass is 480 g/mol. The van der Waals surface area contributed by atoms with Gasteiger partial charge in [-0.3, -0.25) is 19.1 Å². The van der Waals surface area contributed by atoms with Crippen LogP contribution < -0.4 is 21.1 Å². The first-order valence-electron chi connectivity index (χ1n) is 10.3. The summed E-state index contributed by atoms with van der Waals surface area (Å²) in [4.78, 5) is 35.1. The predicted molar refractivity (Wildman–Crippen MR) is 128 cm³/mol. The maximum absolute atomic E-state index is 12.6. The van der Waals surface area contributed by atoms with E-state index in [0.717, 1.165) is 11.1 Å². The molecule has 0 saturated carbocycles. The molecule has 3 aromatic carbocycles. The summed E-state index contributed by atoms with van der Waals surface area (Å²) in [5.41, 5.74) is 7.87. The number of hydrogen-bond donors (Lipinski definition) is 4. The van der Waals surface area contributed by atoms with Gasteiger partial charge < -0.3 is 16.4 Å². The molecule has 5 N–H and O–H groups in total. The average Bonchev–Trinajstić information content (AvgIpc) is 2.82. The Morgan fingerprint density at radius 2 is 1.29 bits per heavy atom. The molecular formula is C24H24N4O5S. The quantitative estimate of drug-likeness (QED) is 0.369. The van der Waals surface area contributed by atoms with Crippen molar-refractivity contribution in [2.45, 2.75) is 18.4 Å². The highest BCUT2D eigenvalue weighted by molar-refractivity contribution is 7.92. The SMILES string of the molecule is Cc1ccc(NS(=O)(=O)c2ccc(C(=O)NCc3ccc(C(=O)NCC(N)=O)cc3)cc2)cc1. The molecule has 176 valence electrons. The molecule has 0 radical (unpaired) electrons. The van der Waals surface area contributed by atoms with E-state index in [4.69, 9.17) is 5.73 Å². The van der Waals surface area contributed by atoms with Gasteiger partial charge in [0.2, 0.25) is 5.91 Å². The van der Waals surface area contributed by atoms with Crippen LogP contribution in [0.4, 0.5) is 5.69 Å². The third-order valence-electron chi connectivity index (χ3n) is 4.82. The van der Waals surface area contributed by atoms with Crippen LogP contribution >= 0.6 is 0 Å². The number of rotatable bonds is 9. The molecule has 3 rings (SSSR count). The van der Waals surface area contributed by atoms with E-state index >= 15 is 0 Å². The molecule has 0 aromatic heterocycles. The van der Waals surface area contributed by atoms with Gasteiger partial charge in [0.1, 0.15) is 0 Å². The molecule has 0 heterocycles. The number of primary amides is 1. The molecule has 0 bridgehead atoms. The lowest BCUT2D eigenvalue weighted by Gasteiger charge is -2.10. The minimum absolute atomic E-state index is 0.0369. The minimum Gasteiger partial charge on any atom is -0.368 e. The first kappa shape index (κ1) is 24.5. The molecular weight excluding hydrogens is 456 g/mol. The fourth-order valence-electron chi connectivity index (χ4n) is 2.95. The van der Waals surface area contributed by atoms with Crippen LogP contribution in [0.5, 0.6) is 0 Å². The number of aryl methyl sites for hydroxylation is 1. The van der Waals surface area contributed by atoms with Gasteiger partial charge in [-0.2, -0.15) is 0 Å². The third kappa shape index (κ3) is 6.66. The lowest BCUT2D eigenvalue weighted by molar-refractivity contribution is -0.117. The predicted octanol–water partition coefficient (Wildman–Crippen LogP) is 1.94. The zero-order valence-corrected chi connectivity index (χ0v) is 19.2. The van der Waals surface area contributed by atoms with Crippen LogP contribution in [0.25, 0.3) is 0 Å². The molecule has 0 fully saturated rings. The van der Waals surface area contributed by atoms with E-state index in [0.29, 0.717) is 16.8 Å². The Morgan fingerprint density at radius 1 is 0.765 bits per heavy atom. The van der Waals surface area contributed by atoms with Crippen LogP contribution in [-0.4, -0.2) is 32.7 Å². The number of anilines is 1. The first-order valence-corrected chi connectivity index (χ1v) is 11.8. The van der Waals surface area contributed by atoms with E-state index in [1.165, 1.54) is 24.3 Å². The van der Waals surface area contributed by atoms with Crippen LogP contribution in [0.3, 0.4) is 0 Å². The Kier molecular flexibility index (Phi) is 7.64. The van der Waals surface area contributed by atoms with E-state index < -0.39 is 21.8 Å². The van der Waals surface area contributed by atoms with Crippen molar-refractivity contribution < 1.29 is 22.8 Å². The van der Waals surface area contributed by atoms with Gasteiger partial charge in [0.15, 0.2) is 0 Å². The summed E-state index contributed by atoms with van der Waals surface area (Å²) in [7, 11) is -3.78. The van der Waals surface area contributed by atoms with Crippen molar-refractivity contribution in [1.29, 1.82) is 0 Å². The number of carbonyl (C=O) groups excluding carboxylic acids is 3. The van der Waals surface area contributed by atoms with E-state index in [1.807, 2.05) is 6.92 Å². The first-order chi connectivity index (χ1) is 16.1. The summed E-state index contributed by atoms with van der Waals surface area (Å²) < 4.78 is 27.6. The van der Waals surface area contributed by atoms with E-state index in [-0.39, 0.29) is 23.9 Å². The Bertz CT molecular complexity index is 1290. The smallest absolute Gasteiger partial charge is 0.261 e. The summed E-state index contributed by atoms with van der Waals surface area (Å²) in [6, 6.07) is 19.0. The van der Waals surface area contributed by atoms with Gasteiger partial charge in [-0.25, -0.2) is 8.42 Å². The van der Waals surface area contributed by atoms with Crippen molar-refractivity contribution in [3.63, 3.8) is 0 Å². The second kappa shape index (κ2) is 10.6. The number of hydrogen-bond acceptors (Lipinski definition) is 5. The van der Waals surface area contributed by atoms with Crippen molar-refractivity contribution in [3.05, 3.63) is 95.1 Å². The largest absolute Gasteiger partial charge is 0.368 e. The summed E-state index contributed by atoms with van der Waals surface area (Å²) in [5.74, 6) is -1.44. The van der Waals surface area contributed by atoms with Crippen LogP contribution in [0.15, 0.2) is 77.7 Å². The lowest BCUT2D eigenvalue weighted by atomic mass is 10.1. The fraction of sp³-hybridized carbons (Fsp3) is 0.125. The minimum atomic E-state index is -3.78. The molecule has 34 heavy (non-hydrogen) atoms. The van der Waals surface area contributed by atoms with E-state index in [1.54, 1.807) is 48.5 Å². The van der Waals surface area contributed by atoms with Crippen molar-refractivity contribution in [2.24, 2.45) is 5.73 Å². The number of nitrogens with two attached hydrogens (primary N) is 1. The van der Waals surface area contributed by atoms with Crippen LogP contribution in [-0.2, 0) is 21.4 Å². The van der Waals surface area contributed by atoms with Gasteiger partial charge in [-0.1, -0.05) is 29.8 Å². The molecule has 0 aliphatic rings. The molecule has 3 amide bonds. The fourth-order valence-corrected chi connectivity index (χ4v) is 4.01. The number of carbonyl (C=O) groups is 3. The highest BCUT2D eigenvalue weighted by atomic mass is 32.2. The maximum Gasteiger partial charge on any atom is 0.261 e. The Labute approximate surface area is 197 Å². The van der Waals surface area contributed by atoms with Gasteiger partial charge in [0, 0.05) is 23.4 Å². The average molecular weight is 481 g/mol. The highest BCUT2D eigenvalue weighted by Crippen LogP contribution is 2.17. The van der Waals surface area contributed by atoms with Gasteiger partial charge in [0.25, 0.3) is 21.8 Å². The molecule has 0 unspecified atom stereocenters. The molecule has 3 aromatic rings. The summed E-state index contributed by atoms with van der Waals surface area (Å²) >= 11 is 0. The standard InChI is InChI=1S/C24H24N4O5S/c1-16-2-10-20(11-3-16)28-34(32,33)21-12-8-19(9-13-21)23(30)26-14-17-4-6-18(7-5-17)24(31)27-15-22(25)29/h2-13,28H,14-15H2,1H3,(H2,25,29)(H,26,30)(H,27,31). The highest BCUT2D eigenvalue weighted by Gasteiger charge is 2.15. The normalized spacial score (nSPS) is 10.9. The Balaban J connectivity index is 1.57. The summed E-state index contributed by atoms with van der Waals surface area (Å²) in [5, 5.41) is 5.13. The van der Waals surface area contributed by atoms with Crippen LogP contribution in [0.1, 0.15) is 31.8 Å². The molecule has 10 heteroatoms. The second-order valence-electron chi connectivity index (χ2n) is 7.52. The summed E-state index contributed by atoms with van der Waals surface area (Å²) in [6.07, 6.45) is 0. The van der Waals surface area contributed by atoms with Gasteiger partial charge >= 0.3 is 0 Å². The number of amides is 3. The van der Waals surface area contributed by atoms with Crippen molar-refractivity contribution in [3.8, 4) is 0 Å². The van der Waals surface area contributed by atoms with E-state index in [9.17, 15) is 22.8 Å². The summed E-state index contributed by atoms with van der Waals surface area (Å²) in [6.45, 7) is 1.86. The van der Waals surface area contributed by atoms with Crippen LogP contribution in [0, 0.1) is 6.92 Å². The molecule has 0 atom stereocenters. The topological polar surface area (TPSA) is 147 Å². The molecule has 0 aliphatic carbocycles. The third-order valence-corrected chi connectivity index (χ3v) is 6.22. The molecule has 0 saturated heterocycles. The Hall–Kier alpha value is -4.18. The van der Waals surface area contributed by atoms with Crippen molar-refractivity contribution in [1.82, 2.24) is 10.6 Å². The van der Waals surface area contributed by atoms with Crippen LogP contribution in [0.2, 0.25) is 0 Å². The second-order valence-corrected chi connectivity index (χ2v) is 9.21. The Morgan fingerprint density at radius 3 is 1.85 bits per heavy atom. The maximum atomic E-state index is 12.6. The number of benzene rings is 3. The van der Waals surface area contributed by atoms with Crippen molar-refractivity contribution in [2.75, 3.05) is 11.3 Å². The number of sulfonamides is 1. The zero-order chi connectivity index (χ0) is 24.7. The lowest BCUT2D eigenvalue weighted by Crippen LogP contribution is -2.33. The van der Waals surface area contributed by atoms with Crippen molar-refractivity contribution >= 4 is 33.4 Å². The van der Waals surface area contributed by atoms with Gasteiger partial charge in [-0.05, 0) is 61.0 Å². The number of nitrogens with one attached hydrogen (secondary N) is 3.